The van der Waals surface area contributed by atoms with E-state index in [1.165, 1.54) is 17.2 Å². The number of aromatic nitrogens is 4. The zero-order chi connectivity index (χ0) is 48.6. The van der Waals surface area contributed by atoms with Gasteiger partial charge in [-0.15, -0.1) is 0 Å². The Kier molecular flexibility index (Phi) is 16.3. The predicted molar refractivity (Wildman–Crippen MR) is 255 cm³/mol. The Bertz CT molecular complexity index is 2420. The minimum atomic E-state index is -1.36. The molecule has 0 aliphatic carbocycles. The van der Waals surface area contributed by atoms with E-state index < -0.39 is 61.4 Å². The van der Waals surface area contributed by atoms with E-state index in [1.54, 1.807) is 18.8 Å². The van der Waals surface area contributed by atoms with Crippen LogP contribution in [0.4, 0.5) is 4.79 Å². The summed E-state index contributed by atoms with van der Waals surface area (Å²) in [5.74, 6) is 0.902. The smallest absolute Gasteiger partial charge is 0.407 e. The second-order valence-electron chi connectivity index (χ2n) is 19.2. The third-order valence-corrected chi connectivity index (χ3v) is 14.0. The van der Waals surface area contributed by atoms with Gasteiger partial charge in [-0.1, -0.05) is 95.0 Å². The van der Waals surface area contributed by atoms with Gasteiger partial charge in [0.15, 0.2) is 17.4 Å². The monoisotopic (exact) mass is 942 g/mol. The van der Waals surface area contributed by atoms with Gasteiger partial charge in [0.05, 0.1) is 52.5 Å². The van der Waals surface area contributed by atoms with Crippen LogP contribution in [0, 0.1) is 5.41 Å². The molecule has 17 nitrogen and oxygen atoms in total. The van der Waals surface area contributed by atoms with Crippen LogP contribution in [0.25, 0.3) is 11.2 Å². The third-order valence-electron chi connectivity index (χ3n) is 12.3. The second kappa shape index (κ2) is 21.5. The number of nitrogens with one attached hydrogen (secondary N) is 2. The van der Waals surface area contributed by atoms with Crippen LogP contribution in [0.3, 0.4) is 0 Å². The predicted octanol–water partition coefficient (Wildman–Crippen LogP) is 6.24. The average Bonchev–Trinajstić information content (AvgIpc) is 3.86. The van der Waals surface area contributed by atoms with Crippen LogP contribution in [0.5, 0.6) is 11.5 Å². The van der Waals surface area contributed by atoms with E-state index in [2.05, 4.69) is 61.0 Å². The number of imidazole rings is 1. The maximum Gasteiger partial charge on any atom is 0.407 e. The Labute approximate surface area is 393 Å². The lowest BCUT2D eigenvalue weighted by Gasteiger charge is -2.42. The zero-order valence-corrected chi connectivity index (χ0v) is 41.2. The molecule has 0 radical (unpaired) electrons. The van der Waals surface area contributed by atoms with E-state index >= 15 is 0 Å². The summed E-state index contributed by atoms with van der Waals surface area (Å²) >= 11 is 0. The minimum absolute atomic E-state index is 0.0647. The Morgan fingerprint density at radius 2 is 1.43 bits per heavy atom. The molecular weight excluding hydrogens is 877 g/mol. The lowest BCUT2D eigenvalue weighted by atomic mass is 9.79. The zero-order valence-electron chi connectivity index (χ0n) is 40.2. The highest BCUT2D eigenvalue weighted by Crippen LogP contribution is 2.45. The highest BCUT2D eigenvalue weighted by molar-refractivity contribution is 6.76. The van der Waals surface area contributed by atoms with Crippen molar-refractivity contribution in [2.45, 2.75) is 103 Å². The molecule has 3 aromatic carbocycles. The molecule has 0 bridgehead atoms. The number of hydrogen-bond acceptors (Lipinski definition) is 13. The van der Waals surface area contributed by atoms with Crippen LogP contribution in [0.15, 0.2) is 96.3 Å². The van der Waals surface area contributed by atoms with E-state index in [9.17, 15) is 19.5 Å². The van der Waals surface area contributed by atoms with Gasteiger partial charge in [-0.05, 0) is 66.3 Å². The number of benzene rings is 3. The van der Waals surface area contributed by atoms with Crippen molar-refractivity contribution in [1.82, 2.24) is 29.7 Å². The van der Waals surface area contributed by atoms with Gasteiger partial charge in [0.2, 0.25) is 5.91 Å². The molecule has 3 N–H and O–H groups in total. The van der Waals surface area contributed by atoms with Crippen LogP contribution < -0.4 is 25.7 Å². The molecule has 3 heterocycles. The van der Waals surface area contributed by atoms with E-state index in [4.69, 9.17) is 33.2 Å². The quantitative estimate of drug-likeness (QED) is 0.0324. The van der Waals surface area contributed by atoms with Gasteiger partial charge in [-0.2, -0.15) is 0 Å². The fraction of sp³-hybridized carbons (Fsp3) is 0.490. The summed E-state index contributed by atoms with van der Waals surface area (Å²) in [6, 6.07) is 26.0. The molecule has 2 amide bonds. The Morgan fingerprint density at radius 3 is 2.01 bits per heavy atom. The average molecular weight is 943 g/mol. The number of rotatable bonds is 21. The third kappa shape index (κ3) is 12.1. The van der Waals surface area contributed by atoms with Crippen LogP contribution >= 0.6 is 0 Å². The standard InChI is InChI=1S/C49H66N6O11Si/c1-47(2,3)48(4,5)66-42-41(57)38(29-64-49(33-14-12-11-13-15-33,34-16-20-36(60-6)21-17-34)35-18-22-37(61-7)23-19-35)65-45(42)55-31-51-40-43(55)52-30-54(44(40)58)24-25-62-32-53-39(56)28-50-46(59)63-26-27-67(8,9)10/h11-23,30-31,38,41-42,45,57H,24-29,32H2,1-10H3,(H,50,59)(H,53,56)/t38-,41-,42-,45-/m1/s1. The Hall–Kier alpha value is -5.63. The maximum atomic E-state index is 13.8. The van der Waals surface area contributed by atoms with Gasteiger partial charge in [-0.3, -0.25) is 18.7 Å². The van der Waals surface area contributed by atoms with E-state index in [0.29, 0.717) is 18.1 Å². The SMILES string of the molecule is COc1ccc(C(OC[C@H]2O[C@@H](n3cnc4c(=O)n(CCOCNC(=O)CNC(=O)OCC[Si](C)(C)C)cnc43)[C@H](OC(C)(C)C(C)(C)C)[C@@H]2O)(c2ccccc2)c2ccc(OC)cc2)cc1. The first kappa shape index (κ1) is 50.8. The van der Waals surface area contributed by atoms with E-state index in [1.807, 2.05) is 92.7 Å². The summed E-state index contributed by atoms with van der Waals surface area (Å²) < 4.78 is 45.5. The molecule has 5 aromatic rings. The first-order chi connectivity index (χ1) is 31.8. The lowest BCUT2D eigenvalue weighted by Crippen LogP contribution is -2.47. The first-order valence-electron chi connectivity index (χ1n) is 22.4. The molecule has 6 rings (SSSR count). The summed E-state index contributed by atoms with van der Waals surface area (Å²) in [6.45, 7) is 16.6. The number of fused-ring (bicyclic) bond motifs is 1. The fourth-order valence-corrected chi connectivity index (χ4v) is 8.09. The van der Waals surface area contributed by atoms with Crippen LogP contribution in [-0.4, -0.2) is 116 Å². The summed E-state index contributed by atoms with van der Waals surface area (Å²) in [5, 5.41) is 17.3. The molecule has 4 atom stereocenters. The van der Waals surface area contributed by atoms with Gasteiger partial charge < -0.3 is 48.9 Å². The van der Waals surface area contributed by atoms with Crippen molar-refractivity contribution in [1.29, 1.82) is 0 Å². The normalized spacial score (nSPS) is 17.9. The number of ether oxygens (including phenoxy) is 7. The molecule has 2 aromatic heterocycles. The van der Waals surface area contributed by atoms with Gasteiger partial charge in [0.1, 0.15) is 55.0 Å². The molecule has 362 valence electrons. The van der Waals surface area contributed by atoms with Crippen molar-refractivity contribution >= 4 is 31.2 Å². The first-order valence-corrected chi connectivity index (χ1v) is 26.2. The number of amides is 2. The number of hydrogen-bond donors (Lipinski definition) is 3. The van der Waals surface area contributed by atoms with Crippen molar-refractivity contribution < 1.29 is 47.9 Å². The maximum absolute atomic E-state index is 13.8. The highest BCUT2D eigenvalue weighted by Gasteiger charge is 2.51. The molecule has 67 heavy (non-hydrogen) atoms. The number of carbonyl (C=O) groups excluding carboxylic acids is 2. The molecule has 0 saturated carbocycles. The number of methoxy groups -OCH3 is 2. The second-order valence-corrected chi connectivity index (χ2v) is 24.9. The summed E-state index contributed by atoms with van der Waals surface area (Å²) in [4.78, 5) is 47.0. The Balaban J connectivity index is 1.21. The number of aliphatic hydroxyl groups is 1. The summed E-state index contributed by atoms with van der Waals surface area (Å²) in [6.07, 6.45) is -1.85. The van der Waals surface area contributed by atoms with Crippen molar-refractivity contribution in [3.05, 3.63) is 119 Å². The molecule has 1 aliphatic rings. The van der Waals surface area contributed by atoms with Crippen LogP contribution in [-0.2, 0) is 40.6 Å². The van der Waals surface area contributed by atoms with Crippen LogP contribution in [0.2, 0.25) is 25.7 Å². The van der Waals surface area contributed by atoms with Gasteiger partial charge in [0.25, 0.3) is 5.56 Å². The van der Waals surface area contributed by atoms with E-state index in [0.717, 1.165) is 22.7 Å². The van der Waals surface area contributed by atoms with Gasteiger partial charge in [-0.25, -0.2) is 14.8 Å². The van der Waals surface area contributed by atoms with E-state index in [-0.39, 0.29) is 49.6 Å². The summed E-state index contributed by atoms with van der Waals surface area (Å²) in [7, 11) is 1.88. The van der Waals surface area contributed by atoms with Gasteiger partial charge >= 0.3 is 6.09 Å². The molecule has 0 spiro atoms. The number of alkyl carbamates (subject to hydrolysis) is 1. The number of aliphatic hydroxyl groups excluding tert-OH is 1. The van der Waals surface area contributed by atoms with Crippen molar-refractivity contribution in [2.75, 3.05) is 47.3 Å². The number of nitrogens with zero attached hydrogens (tertiary/aromatic N) is 4. The Morgan fingerprint density at radius 1 is 0.821 bits per heavy atom. The lowest BCUT2D eigenvalue weighted by molar-refractivity contribution is -0.174. The minimum Gasteiger partial charge on any atom is -0.497 e. The molecule has 1 saturated heterocycles. The molecular formula is C49H66N6O11Si. The van der Waals surface area contributed by atoms with Crippen molar-refractivity contribution in [3.63, 3.8) is 0 Å². The highest BCUT2D eigenvalue weighted by atomic mass is 28.3. The van der Waals surface area contributed by atoms with Crippen LogP contribution in [0.1, 0.15) is 57.5 Å². The summed E-state index contributed by atoms with van der Waals surface area (Å²) in [5.41, 5.74) is 0.0357. The van der Waals surface area contributed by atoms with Crippen molar-refractivity contribution in [2.24, 2.45) is 5.41 Å². The van der Waals surface area contributed by atoms with Gasteiger partial charge in [0, 0.05) is 8.07 Å². The van der Waals surface area contributed by atoms with Crippen molar-refractivity contribution in [3.8, 4) is 11.5 Å². The molecule has 18 heteroatoms. The number of carbonyl (C=O) groups is 2. The molecule has 0 unspecified atom stereocenters. The largest absolute Gasteiger partial charge is 0.497 e. The topological polar surface area (TPSA) is 196 Å². The molecule has 1 fully saturated rings. The fourth-order valence-electron chi connectivity index (χ4n) is 7.38. The molecule has 1 aliphatic heterocycles.